The zero-order chi connectivity index (χ0) is 23.8. The van der Waals surface area contributed by atoms with E-state index in [1.807, 2.05) is 30.3 Å². The van der Waals surface area contributed by atoms with Crippen LogP contribution in [0.4, 0.5) is 11.4 Å². The second-order valence-corrected chi connectivity index (χ2v) is 10.8. The summed E-state index contributed by atoms with van der Waals surface area (Å²) in [7, 11) is 0. The van der Waals surface area contributed by atoms with E-state index in [2.05, 4.69) is 15.5 Å². The first-order valence-corrected chi connectivity index (χ1v) is 13.2. The van der Waals surface area contributed by atoms with Gasteiger partial charge in [0.1, 0.15) is 0 Å². The zero-order valence-electron chi connectivity index (χ0n) is 17.7. The Morgan fingerprint density at radius 2 is 1.52 bits per heavy atom. The van der Waals surface area contributed by atoms with Crippen LogP contribution < -0.4 is 13.4 Å². The Morgan fingerprint density at radius 1 is 0.939 bits per heavy atom. The fourth-order valence-electron chi connectivity index (χ4n) is 2.88. The van der Waals surface area contributed by atoms with Gasteiger partial charge in [0, 0.05) is 0 Å². The maximum atomic E-state index is 12.8. The van der Waals surface area contributed by atoms with Crippen LogP contribution in [0.1, 0.15) is 12.5 Å². The van der Waals surface area contributed by atoms with Crippen LogP contribution in [0, 0.1) is 0 Å². The van der Waals surface area contributed by atoms with Gasteiger partial charge in [-0.15, -0.1) is 0 Å². The Bertz CT molecular complexity index is 1180. The number of nitrogens with zero attached hydrogens (tertiary/aromatic N) is 2. The van der Waals surface area contributed by atoms with Crippen molar-refractivity contribution in [2.45, 2.75) is 19.4 Å². The average molecular weight is 511 g/mol. The molecule has 0 heterocycles. The van der Waals surface area contributed by atoms with Crippen LogP contribution >= 0.6 is 0 Å². The summed E-state index contributed by atoms with van der Waals surface area (Å²) in [6.07, 6.45) is 0.0655. The fourth-order valence-corrected chi connectivity index (χ4v) is 5.06. The van der Waals surface area contributed by atoms with Gasteiger partial charge in [-0.1, -0.05) is 0 Å². The molecule has 2 atom stereocenters. The minimum atomic E-state index is -4.88. The Morgan fingerprint density at radius 3 is 2.06 bits per heavy atom. The van der Waals surface area contributed by atoms with E-state index in [4.69, 9.17) is 3.73 Å². The molecule has 0 fully saturated rings. The van der Waals surface area contributed by atoms with E-state index in [1.165, 1.54) is 31.2 Å². The van der Waals surface area contributed by atoms with Crippen molar-refractivity contribution in [3.05, 3.63) is 84.4 Å². The molecule has 0 radical (unpaired) electrons. The van der Waals surface area contributed by atoms with Gasteiger partial charge in [0.05, 0.1) is 0 Å². The molecule has 0 saturated carbocycles. The van der Waals surface area contributed by atoms with E-state index in [1.54, 1.807) is 24.3 Å². The van der Waals surface area contributed by atoms with Gasteiger partial charge in [0.25, 0.3) is 0 Å². The summed E-state index contributed by atoms with van der Waals surface area (Å²) in [5.41, 5.74) is 1.84. The number of carboxylic acid groups (broad SMARTS) is 1. The second-order valence-electron chi connectivity index (χ2n) is 7.10. The van der Waals surface area contributed by atoms with Gasteiger partial charge in [0.2, 0.25) is 0 Å². The number of amides is 1. The minimum absolute atomic E-state index is 0.0655. The summed E-state index contributed by atoms with van der Waals surface area (Å²) < 4.78 is 28.7. The summed E-state index contributed by atoms with van der Waals surface area (Å²) in [5, 5.41) is 19.8. The number of nitrogens with one attached hydrogen (secondary N) is 1. The molecule has 3 aromatic carbocycles. The molecule has 0 saturated heterocycles. The molecular formula is C23H22AsN3O6. The van der Waals surface area contributed by atoms with Crippen LogP contribution in [-0.4, -0.2) is 41.3 Å². The van der Waals surface area contributed by atoms with Crippen molar-refractivity contribution >= 4 is 41.8 Å². The number of rotatable bonds is 9. The van der Waals surface area contributed by atoms with E-state index >= 15 is 0 Å². The Kier molecular flexibility index (Phi) is 7.82. The first kappa shape index (κ1) is 24.0. The van der Waals surface area contributed by atoms with Gasteiger partial charge in [-0.05, 0) is 0 Å². The topological polar surface area (TPSA) is 138 Å². The molecule has 10 heteroatoms. The van der Waals surface area contributed by atoms with Crippen molar-refractivity contribution in [1.29, 1.82) is 0 Å². The van der Waals surface area contributed by atoms with Gasteiger partial charge in [-0.2, -0.15) is 0 Å². The van der Waals surface area contributed by atoms with Crippen LogP contribution in [0.5, 0.6) is 5.75 Å². The standard InChI is InChI=1S/C23H22AsN3O6/c1-16(28)25-22(23(29)30)15-17-7-13-21(14-8-17)33-24(31,32)18-9-11-20(12-10-18)27-26-19-5-3-2-4-6-19/h2-14,22H,15H2,1H3,(H,25,28)(H,29,30)(H,31,32)/t22-/m0/s1. The second kappa shape index (κ2) is 10.8. The number of azo groups is 1. The predicted molar refractivity (Wildman–Crippen MR) is 121 cm³/mol. The van der Waals surface area contributed by atoms with E-state index in [0.717, 1.165) is 0 Å². The molecule has 0 aromatic heterocycles. The summed E-state index contributed by atoms with van der Waals surface area (Å²) in [4.78, 5) is 22.4. The van der Waals surface area contributed by atoms with Crippen LogP contribution in [0.3, 0.4) is 0 Å². The molecule has 0 aliphatic carbocycles. The molecule has 170 valence electrons. The first-order valence-electron chi connectivity index (χ1n) is 9.91. The molecule has 3 rings (SSSR count). The Labute approximate surface area is 193 Å². The quantitative estimate of drug-likeness (QED) is 0.299. The van der Waals surface area contributed by atoms with E-state index in [-0.39, 0.29) is 16.5 Å². The normalized spacial score (nSPS) is 13.8. The first-order chi connectivity index (χ1) is 15.7. The summed E-state index contributed by atoms with van der Waals surface area (Å²) in [6.45, 7) is 1.24. The SMILES string of the molecule is CC(=O)N[C@@H](Cc1ccc(O[As](=O)(O)c2ccc(N=Nc3ccccc3)cc2)cc1)C(=O)O. The van der Waals surface area contributed by atoms with E-state index in [9.17, 15) is 22.5 Å². The van der Waals surface area contributed by atoms with Gasteiger partial charge >= 0.3 is 193 Å². The number of aliphatic carboxylic acids is 1. The summed E-state index contributed by atoms with van der Waals surface area (Å²) in [6, 6.07) is 20.3. The number of benzene rings is 3. The molecule has 1 amide bonds. The number of hydrogen-bond acceptors (Lipinski definition) is 6. The van der Waals surface area contributed by atoms with Crippen molar-refractivity contribution in [3.63, 3.8) is 0 Å². The number of carbonyl (C=O) groups is 2. The zero-order valence-corrected chi connectivity index (χ0v) is 19.5. The van der Waals surface area contributed by atoms with Crippen LogP contribution in [-0.2, 0) is 19.7 Å². The Balaban J connectivity index is 1.65. The molecule has 9 nitrogen and oxygen atoms in total. The third-order valence-corrected chi connectivity index (χ3v) is 7.44. The average Bonchev–Trinajstić information content (AvgIpc) is 2.79. The summed E-state index contributed by atoms with van der Waals surface area (Å²) in [5.74, 6) is -1.43. The molecule has 0 spiro atoms. The number of carbonyl (C=O) groups excluding carboxylic acids is 1. The van der Waals surface area contributed by atoms with Crippen LogP contribution in [0.25, 0.3) is 0 Å². The molecule has 33 heavy (non-hydrogen) atoms. The number of hydrogen-bond donors (Lipinski definition) is 3. The Hall–Kier alpha value is -3.68. The van der Waals surface area contributed by atoms with Gasteiger partial charge < -0.3 is 0 Å². The third-order valence-electron chi connectivity index (χ3n) is 4.48. The van der Waals surface area contributed by atoms with Crippen LogP contribution in [0.2, 0.25) is 0 Å². The van der Waals surface area contributed by atoms with Crippen molar-refractivity contribution in [1.82, 2.24) is 5.32 Å². The molecule has 1 unspecified atom stereocenters. The van der Waals surface area contributed by atoms with Crippen molar-refractivity contribution in [2.75, 3.05) is 0 Å². The molecule has 0 bridgehead atoms. The van der Waals surface area contributed by atoms with E-state index < -0.39 is 32.1 Å². The van der Waals surface area contributed by atoms with Gasteiger partial charge in [-0.25, -0.2) is 0 Å². The summed E-state index contributed by atoms with van der Waals surface area (Å²) >= 11 is -4.88. The maximum absolute atomic E-state index is 12.8. The van der Waals surface area contributed by atoms with Crippen molar-refractivity contribution in [3.8, 4) is 5.75 Å². The molecule has 3 N–H and O–H groups in total. The van der Waals surface area contributed by atoms with Crippen LogP contribution in [0.15, 0.2) is 89.1 Å². The van der Waals surface area contributed by atoms with E-state index in [0.29, 0.717) is 16.9 Å². The predicted octanol–water partition coefficient (Wildman–Crippen LogP) is 2.88. The monoisotopic (exact) mass is 511 g/mol. The third kappa shape index (κ3) is 7.17. The number of carboxylic acids is 1. The molecule has 0 aliphatic heterocycles. The van der Waals surface area contributed by atoms with Crippen molar-refractivity contribution in [2.24, 2.45) is 10.2 Å². The molecular weight excluding hydrogens is 489 g/mol. The van der Waals surface area contributed by atoms with Crippen molar-refractivity contribution < 1.29 is 26.3 Å². The van der Waals surface area contributed by atoms with Gasteiger partial charge in [-0.3, -0.25) is 0 Å². The van der Waals surface area contributed by atoms with Gasteiger partial charge in [0.15, 0.2) is 0 Å². The fraction of sp³-hybridized carbons (Fsp3) is 0.130. The molecule has 3 aromatic rings. The molecule has 0 aliphatic rings.